The van der Waals surface area contributed by atoms with Gasteiger partial charge in [-0.05, 0) is 87.3 Å². The van der Waals surface area contributed by atoms with Gasteiger partial charge < -0.3 is 10.2 Å². The average Bonchev–Trinajstić information content (AvgIpc) is 2.85. The summed E-state index contributed by atoms with van der Waals surface area (Å²) in [4.78, 5) is 7.22. The SMILES string of the molecule is O=S(=O)(NC1CCN(C2CCCCC2)CC1)c1ccc(Nc2ccnc3cc(Cl)ccc23)cc1. The molecule has 2 aliphatic rings. The summed E-state index contributed by atoms with van der Waals surface area (Å²) in [5.74, 6) is 0. The van der Waals surface area contributed by atoms with Crippen molar-refractivity contribution < 1.29 is 8.42 Å². The van der Waals surface area contributed by atoms with Crippen molar-refractivity contribution in [2.75, 3.05) is 18.4 Å². The van der Waals surface area contributed by atoms with Gasteiger partial charge in [-0.25, -0.2) is 13.1 Å². The van der Waals surface area contributed by atoms with Crippen molar-refractivity contribution in [2.24, 2.45) is 0 Å². The topological polar surface area (TPSA) is 74.3 Å². The largest absolute Gasteiger partial charge is 0.355 e. The molecule has 5 rings (SSSR count). The van der Waals surface area contributed by atoms with E-state index >= 15 is 0 Å². The third-order valence-corrected chi connectivity index (χ3v) is 8.86. The lowest BCUT2D eigenvalue weighted by atomic mass is 9.92. The Morgan fingerprint density at radius 3 is 2.38 bits per heavy atom. The minimum atomic E-state index is -3.55. The Hall–Kier alpha value is -2.19. The molecule has 0 amide bonds. The standard InChI is InChI=1S/C26H31ClN4O2S/c27-19-6-11-24-25(12-15-28-26(24)18-19)29-20-7-9-23(10-8-20)34(32,33)30-21-13-16-31(17-14-21)22-4-2-1-3-5-22/h6-12,15,18,21-22,30H,1-5,13-14,16-17H2,(H,28,29). The molecule has 2 N–H and O–H groups in total. The van der Waals surface area contributed by atoms with Gasteiger partial charge in [0.2, 0.25) is 10.0 Å². The number of anilines is 2. The summed E-state index contributed by atoms with van der Waals surface area (Å²) in [7, 11) is -3.55. The molecule has 0 atom stereocenters. The Morgan fingerprint density at radius 1 is 0.912 bits per heavy atom. The van der Waals surface area contributed by atoms with Crippen molar-refractivity contribution in [1.82, 2.24) is 14.6 Å². The summed E-state index contributed by atoms with van der Waals surface area (Å²) in [6.07, 6.45) is 10.1. The number of nitrogens with zero attached hydrogens (tertiary/aromatic N) is 2. The third-order valence-electron chi connectivity index (χ3n) is 7.09. The Balaban J connectivity index is 1.21. The first-order valence-corrected chi connectivity index (χ1v) is 14.0. The van der Waals surface area contributed by atoms with Gasteiger partial charge in [-0.2, -0.15) is 0 Å². The van der Waals surface area contributed by atoms with Crippen molar-refractivity contribution in [3.63, 3.8) is 0 Å². The van der Waals surface area contributed by atoms with Crippen LogP contribution in [0.1, 0.15) is 44.9 Å². The van der Waals surface area contributed by atoms with Crippen molar-refractivity contribution in [3.8, 4) is 0 Å². The number of likely N-dealkylation sites (tertiary alicyclic amines) is 1. The minimum absolute atomic E-state index is 0.00218. The summed E-state index contributed by atoms with van der Waals surface area (Å²) in [5, 5.41) is 4.95. The maximum absolute atomic E-state index is 13.0. The van der Waals surface area contributed by atoms with Crippen LogP contribution in [-0.4, -0.2) is 43.5 Å². The van der Waals surface area contributed by atoms with Crippen LogP contribution in [0.3, 0.4) is 0 Å². The predicted octanol–water partition coefficient (Wildman–Crippen LogP) is 5.71. The van der Waals surface area contributed by atoms with Gasteiger partial charge in [-0.3, -0.25) is 4.98 Å². The molecule has 2 heterocycles. The molecule has 3 aromatic rings. The van der Waals surface area contributed by atoms with Crippen LogP contribution in [0.15, 0.2) is 59.6 Å². The molecule has 1 aliphatic carbocycles. The fourth-order valence-electron chi connectivity index (χ4n) is 5.22. The molecule has 0 radical (unpaired) electrons. The first kappa shape index (κ1) is 23.5. The monoisotopic (exact) mass is 498 g/mol. The molecular formula is C26H31ClN4O2S. The highest BCUT2D eigenvalue weighted by Gasteiger charge is 2.28. The van der Waals surface area contributed by atoms with Crippen LogP contribution in [0.4, 0.5) is 11.4 Å². The summed E-state index contributed by atoms with van der Waals surface area (Å²) in [6, 6.07) is 15.1. The van der Waals surface area contributed by atoms with Crippen molar-refractivity contribution >= 4 is 43.9 Å². The normalized spacial score (nSPS) is 18.9. The van der Waals surface area contributed by atoms with Crippen molar-refractivity contribution in [3.05, 3.63) is 59.8 Å². The van der Waals surface area contributed by atoms with Gasteiger partial charge in [0, 0.05) is 40.1 Å². The highest BCUT2D eigenvalue weighted by Crippen LogP contribution is 2.28. The van der Waals surface area contributed by atoms with Crippen LogP contribution in [-0.2, 0) is 10.0 Å². The molecule has 1 aliphatic heterocycles. The Morgan fingerprint density at radius 2 is 1.65 bits per heavy atom. The van der Waals surface area contributed by atoms with E-state index in [0.29, 0.717) is 16.0 Å². The minimum Gasteiger partial charge on any atom is -0.355 e. The van der Waals surface area contributed by atoms with Gasteiger partial charge in [0.05, 0.1) is 10.4 Å². The zero-order chi connectivity index (χ0) is 23.5. The fourth-order valence-corrected chi connectivity index (χ4v) is 6.69. The molecule has 0 bridgehead atoms. The van der Waals surface area contributed by atoms with Crippen LogP contribution in [0.25, 0.3) is 10.9 Å². The molecule has 180 valence electrons. The number of hydrogen-bond acceptors (Lipinski definition) is 5. The van der Waals surface area contributed by atoms with E-state index in [0.717, 1.165) is 48.2 Å². The van der Waals surface area contributed by atoms with Crippen LogP contribution in [0.2, 0.25) is 5.02 Å². The second-order valence-electron chi connectivity index (χ2n) is 9.39. The molecule has 0 unspecified atom stereocenters. The number of sulfonamides is 1. The molecule has 0 spiro atoms. The van der Waals surface area contributed by atoms with E-state index in [1.165, 1.54) is 32.1 Å². The lowest BCUT2D eigenvalue weighted by molar-refractivity contribution is 0.120. The number of aromatic nitrogens is 1. The number of pyridine rings is 1. The van der Waals surface area contributed by atoms with Crippen LogP contribution in [0.5, 0.6) is 0 Å². The number of nitrogens with one attached hydrogen (secondary N) is 2. The number of rotatable bonds is 6. The second kappa shape index (κ2) is 10.2. The molecule has 2 fully saturated rings. The molecule has 1 aromatic heterocycles. The maximum atomic E-state index is 13.0. The summed E-state index contributed by atoms with van der Waals surface area (Å²) in [6.45, 7) is 1.96. The van der Waals surface area contributed by atoms with E-state index in [9.17, 15) is 8.42 Å². The molecule has 6 nitrogen and oxygen atoms in total. The molecule has 8 heteroatoms. The molecule has 1 saturated carbocycles. The predicted molar refractivity (Wildman–Crippen MR) is 138 cm³/mol. The fraction of sp³-hybridized carbons (Fsp3) is 0.423. The molecule has 2 aromatic carbocycles. The summed E-state index contributed by atoms with van der Waals surface area (Å²) >= 11 is 6.08. The van der Waals surface area contributed by atoms with E-state index in [-0.39, 0.29) is 6.04 Å². The van der Waals surface area contributed by atoms with Gasteiger partial charge in [0.25, 0.3) is 0 Å². The van der Waals surface area contributed by atoms with E-state index < -0.39 is 10.0 Å². The van der Waals surface area contributed by atoms with Gasteiger partial charge in [0.1, 0.15) is 0 Å². The Bertz CT molecular complexity index is 1240. The smallest absolute Gasteiger partial charge is 0.240 e. The lowest BCUT2D eigenvalue weighted by Crippen LogP contribution is -2.48. The van der Waals surface area contributed by atoms with Crippen LogP contribution >= 0.6 is 11.6 Å². The second-order valence-corrected chi connectivity index (χ2v) is 11.5. The Kier molecular flexibility index (Phi) is 7.06. The van der Waals surface area contributed by atoms with Gasteiger partial charge in [-0.15, -0.1) is 0 Å². The lowest BCUT2D eigenvalue weighted by Gasteiger charge is -2.39. The number of halogens is 1. The van der Waals surface area contributed by atoms with E-state index in [1.807, 2.05) is 24.3 Å². The van der Waals surface area contributed by atoms with E-state index in [2.05, 4.69) is 19.9 Å². The third kappa shape index (κ3) is 5.38. The Labute approximate surface area is 206 Å². The average molecular weight is 499 g/mol. The maximum Gasteiger partial charge on any atom is 0.240 e. The number of benzene rings is 2. The van der Waals surface area contributed by atoms with E-state index in [4.69, 9.17) is 11.6 Å². The van der Waals surface area contributed by atoms with Gasteiger partial charge in [-0.1, -0.05) is 30.9 Å². The molecule has 1 saturated heterocycles. The molecular weight excluding hydrogens is 468 g/mol. The van der Waals surface area contributed by atoms with E-state index in [1.54, 1.807) is 30.5 Å². The quantitative estimate of drug-likeness (QED) is 0.455. The number of hydrogen-bond donors (Lipinski definition) is 2. The first-order chi connectivity index (χ1) is 16.5. The van der Waals surface area contributed by atoms with Crippen LogP contribution in [0, 0.1) is 0 Å². The van der Waals surface area contributed by atoms with Gasteiger partial charge in [0.15, 0.2) is 0 Å². The molecule has 34 heavy (non-hydrogen) atoms. The van der Waals surface area contributed by atoms with Crippen molar-refractivity contribution in [1.29, 1.82) is 0 Å². The van der Waals surface area contributed by atoms with Crippen LogP contribution < -0.4 is 10.0 Å². The van der Waals surface area contributed by atoms with Crippen molar-refractivity contribution in [2.45, 2.75) is 61.9 Å². The number of piperidine rings is 1. The highest BCUT2D eigenvalue weighted by molar-refractivity contribution is 7.89. The zero-order valence-electron chi connectivity index (χ0n) is 19.2. The summed E-state index contributed by atoms with van der Waals surface area (Å²) < 4.78 is 28.9. The number of fused-ring (bicyclic) bond motifs is 1. The first-order valence-electron chi connectivity index (χ1n) is 12.2. The summed E-state index contributed by atoms with van der Waals surface area (Å²) in [5.41, 5.74) is 2.50. The highest BCUT2D eigenvalue weighted by atomic mass is 35.5. The zero-order valence-corrected chi connectivity index (χ0v) is 20.8. The van der Waals surface area contributed by atoms with Gasteiger partial charge >= 0.3 is 0 Å².